The standard InChI is InChI=1S/C43H70N2O6Si/c1-28-40(52(3,4)32-22-20-31(49-2)21-23-32)39(24-25-46)51-43(28)34-15-6-7-16-35(34)44(42(43)48)27-29-12-11-13-30(26-29)45-36-17-8-10-19-38(36)50-37-18-9-5-14-33(37)41(45)47/h28-33,36-40,46H,5-27H2,1-4H3/t28-,29?,30?,31?,32?,33?,36?,37?,38?,39+,40-,43+/m1/s1. The molecule has 0 aromatic rings. The Labute approximate surface area is 315 Å². The van der Waals surface area contributed by atoms with Crippen molar-refractivity contribution in [2.45, 2.75) is 208 Å². The lowest BCUT2D eigenvalue weighted by atomic mass is 9.78. The fourth-order valence-electron chi connectivity index (χ4n) is 13.7. The lowest BCUT2D eigenvalue weighted by molar-refractivity contribution is -0.151. The van der Waals surface area contributed by atoms with Gasteiger partial charge >= 0.3 is 0 Å². The van der Waals surface area contributed by atoms with Gasteiger partial charge in [-0.2, -0.15) is 0 Å². The number of amides is 2. The van der Waals surface area contributed by atoms with Crippen LogP contribution >= 0.6 is 0 Å². The smallest absolute Gasteiger partial charge is 0.263 e. The maximum absolute atomic E-state index is 15.3. The zero-order valence-electron chi connectivity index (χ0n) is 33.0. The van der Waals surface area contributed by atoms with E-state index in [2.05, 4.69) is 29.8 Å². The molecule has 10 atom stereocenters. The van der Waals surface area contributed by atoms with Crippen LogP contribution in [0.1, 0.15) is 142 Å². The summed E-state index contributed by atoms with van der Waals surface area (Å²) >= 11 is 0. The fourth-order valence-corrected chi connectivity index (χ4v) is 18.8. The molecule has 8 nitrogen and oxygen atoms in total. The van der Waals surface area contributed by atoms with Gasteiger partial charge in [-0.3, -0.25) is 9.59 Å². The van der Waals surface area contributed by atoms with E-state index in [0.717, 1.165) is 103 Å². The number of allylic oxidation sites excluding steroid dienone is 1. The molecule has 52 heavy (non-hydrogen) atoms. The molecule has 3 aliphatic heterocycles. The molecule has 6 fully saturated rings. The summed E-state index contributed by atoms with van der Waals surface area (Å²) < 4.78 is 19.9. The highest BCUT2D eigenvalue weighted by atomic mass is 28.3. The van der Waals surface area contributed by atoms with E-state index in [-0.39, 0.29) is 54.7 Å². The van der Waals surface area contributed by atoms with Gasteiger partial charge in [0.25, 0.3) is 5.91 Å². The molecule has 9 heteroatoms. The molecule has 2 amide bonds. The summed E-state index contributed by atoms with van der Waals surface area (Å²) in [7, 11) is -0.0681. The number of hydrogen-bond donors (Lipinski definition) is 1. The molecule has 8 rings (SSSR count). The molecule has 3 heterocycles. The minimum Gasteiger partial charge on any atom is -0.396 e. The second-order valence-corrected chi connectivity index (χ2v) is 24.3. The molecule has 0 aromatic heterocycles. The van der Waals surface area contributed by atoms with Gasteiger partial charge in [0.05, 0.1) is 44.4 Å². The first-order chi connectivity index (χ1) is 25.2. The van der Waals surface area contributed by atoms with E-state index in [4.69, 9.17) is 14.2 Å². The van der Waals surface area contributed by atoms with Gasteiger partial charge in [-0.15, -0.1) is 0 Å². The molecule has 8 aliphatic rings. The van der Waals surface area contributed by atoms with Gasteiger partial charge in [0, 0.05) is 37.9 Å². The van der Waals surface area contributed by atoms with Crippen molar-refractivity contribution in [3.8, 4) is 0 Å². The molecule has 0 radical (unpaired) electrons. The maximum atomic E-state index is 15.3. The van der Waals surface area contributed by atoms with E-state index in [1.807, 2.05) is 7.11 Å². The van der Waals surface area contributed by atoms with Crippen LogP contribution in [-0.4, -0.2) is 97.2 Å². The summed E-state index contributed by atoms with van der Waals surface area (Å²) in [4.78, 5) is 34.4. The number of aliphatic hydroxyl groups excluding tert-OH is 1. The Bertz CT molecular complexity index is 1350. The van der Waals surface area contributed by atoms with Crippen LogP contribution in [0, 0.1) is 17.8 Å². The highest BCUT2D eigenvalue weighted by Gasteiger charge is 2.67. The van der Waals surface area contributed by atoms with Gasteiger partial charge in [0.2, 0.25) is 5.91 Å². The second-order valence-electron chi connectivity index (χ2n) is 19.2. The van der Waals surface area contributed by atoms with Crippen LogP contribution in [-0.2, 0) is 23.8 Å². The summed E-state index contributed by atoms with van der Waals surface area (Å²) in [6.07, 6.45) is 23.1. The van der Waals surface area contributed by atoms with Gasteiger partial charge in [-0.25, -0.2) is 0 Å². The number of aliphatic hydroxyl groups is 1. The van der Waals surface area contributed by atoms with Crippen molar-refractivity contribution >= 4 is 19.9 Å². The number of methoxy groups -OCH3 is 1. The van der Waals surface area contributed by atoms with Crippen LogP contribution < -0.4 is 0 Å². The van der Waals surface area contributed by atoms with Crippen LogP contribution in [0.25, 0.3) is 0 Å². The number of carbonyl (C=O) groups excluding carboxylic acids is 2. The number of rotatable bonds is 8. The molecule has 4 saturated carbocycles. The Hall–Kier alpha value is -1.26. The molecule has 6 unspecified atom stereocenters. The highest BCUT2D eigenvalue weighted by Crippen LogP contribution is 2.61. The van der Waals surface area contributed by atoms with Gasteiger partial charge in [-0.1, -0.05) is 65.0 Å². The van der Waals surface area contributed by atoms with E-state index in [0.29, 0.717) is 35.4 Å². The van der Waals surface area contributed by atoms with E-state index in [9.17, 15) is 9.90 Å². The Morgan fingerprint density at radius 1 is 0.865 bits per heavy atom. The summed E-state index contributed by atoms with van der Waals surface area (Å²) in [6, 6.07) is 0.456. The summed E-state index contributed by atoms with van der Waals surface area (Å²) in [6.45, 7) is 8.33. The molecule has 0 aromatic carbocycles. The number of nitrogens with zero attached hydrogens (tertiary/aromatic N) is 2. The number of ether oxygens (including phenoxy) is 3. The summed E-state index contributed by atoms with van der Waals surface area (Å²) in [5.41, 5.74) is 2.68. The first-order valence-corrected chi connectivity index (χ1v) is 25.2. The zero-order valence-corrected chi connectivity index (χ0v) is 34.0. The van der Waals surface area contributed by atoms with E-state index >= 15 is 4.79 Å². The average molecular weight is 739 g/mol. The molecule has 5 aliphatic carbocycles. The Balaban J connectivity index is 1.04. The van der Waals surface area contributed by atoms with Crippen molar-refractivity contribution in [2.75, 3.05) is 20.3 Å². The molecule has 1 spiro atoms. The van der Waals surface area contributed by atoms with Crippen molar-refractivity contribution in [1.82, 2.24) is 9.80 Å². The Kier molecular flexibility index (Phi) is 11.1. The third kappa shape index (κ3) is 6.40. The van der Waals surface area contributed by atoms with Crippen LogP contribution in [0.2, 0.25) is 24.2 Å². The lowest BCUT2D eigenvalue weighted by Crippen LogP contribution is -2.55. The van der Waals surface area contributed by atoms with Crippen LogP contribution in [0.3, 0.4) is 0 Å². The van der Waals surface area contributed by atoms with Gasteiger partial charge in [0.15, 0.2) is 5.60 Å². The van der Waals surface area contributed by atoms with Crippen LogP contribution in [0.15, 0.2) is 11.3 Å². The summed E-state index contributed by atoms with van der Waals surface area (Å²) in [5.74, 6) is 1.08. The Morgan fingerprint density at radius 2 is 1.60 bits per heavy atom. The van der Waals surface area contributed by atoms with Crippen LogP contribution in [0.5, 0.6) is 0 Å². The predicted octanol–water partition coefficient (Wildman–Crippen LogP) is 8.14. The Morgan fingerprint density at radius 3 is 2.37 bits per heavy atom. The van der Waals surface area contributed by atoms with E-state index < -0.39 is 13.7 Å². The van der Waals surface area contributed by atoms with E-state index in [1.165, 1.54) is 43.4 Å². The van der Waals surface area contributed by atoms with Crippen molar-refractivity contribution in [3.63, 3.8) is 0 Å². The van der Waals surface area contributed by atoms with Crippen molar-refractivity contribution in [1.29, 1.82) is 0 Å². The van der Waals surface area contributed by atoms with Crippen LogP contribution in [0.4, 0.5) is 0 Å². The SMILES string of the molecule is COC1CCC([Si](C)(C)[C@H]2[C@H](CCO)O[C@@]3(C(=O)N(CC4CCCC(N5C(=O)C6CCCCC6OC6CCCCC65)C4)C4=C3CCCC4)[C@@H]2C)CC1. The normalized spacial score (nSPS) is 43.1. The fraction of sp³-hybridized carbons (Fsp3) is 0.907. The largest absolute Gasteiger partial charge is 0.396 e. The minimum atomic E-state index is -1.92. The maximum Gasteiger partial charge on any atom is 0.263 e. The first kappa shape index (κ1) is 37.7. The zero-order chi connectivity index (χ0) is 36.2. The average Bonchev–Trinajstić information content (AvgIpc) is 3.53. The minimum absolute atomic E-state index is 0.0262. The van der Waals surface area contributed by atoms with E-state index in [1.54, 1.807) is 0 Å². The second kappa shape index (κ2) is 15.3. The van der Waals surface area contributed by atoms with Crippen molar-refractivity contribution in [3.05, 3.63) is 11.3 Å². The van der Waals surface area contributed by atoms with Gasteiger partial charge in [-0.05, 0) is 112 Å². The number of hydrogen-bond acceptors (Lipinski definition) is 6. The third-order valence-corrected chi connectivity index (χ3v) is 21.5. The van der Waals surface area contributed by atoms with Gasteiger partial charge in [0.1, 0.15) is 0 Å². The third-order valence-electron chi connectivity index (χ3n) is 16.3. The molecule has 292 valence electrons. The highest BCUT2D eigenvalue weighted by molar-refractivity contribution is 6.80. The van der Waals surface area contributed by atoms with Crippen molar-refractivity contribution in [2.24, 2.45) is 17.8 Å². The summed E-state index contributed by atoms with van der Waals surface area (Å²) in [5, 5.41) is 10.4. The first-order valence-electron chi connectivity index (χ1n) is 22.0. The molecule has 0 bridgehead atoms. The number of carbonyl (C=O) groups is 2. The molecule has 2 saturated heterocycles. The van der Waals surface area contributed by atoms with Gasteiger partial charge < -0.3 is 29.1 Å². The monoisotopic (exact) mass is 739 g/mol. The topological polar surface area (TPSA) is 88.5 Å². The molecule has 1 N–H and O–H groups in total. The predicted molar refractivity (Wildman–Crippen MR) is 205 cm³/mol. The quantitative estimate of drug-likeness (QED) is 0.253. The van der Waals surface area contributed by atoms with Crippen molar-refractivity contribution < 1.29 is 28.9 Å². The lowest BCUT2D eigenvalue weighted by Gasteiger charge is -2.45. The molecular formula is C43H70N2O6Si. The number of fused-ring (bicyclic) bond motifs is 3. The molecular weight excluding hydrogens is 669 g/mol.